The lowest BCUT2D eigenvalue weighted by Crippen LogP contribution is -2.34. The monoisotopic (exact) mass is 210 g/mol. The van der Waals surface area contributed by atoms with E-state index >= 15 is 0 Å². The Bertz CT molecular complexity index is 294. The zero-order valence-electron chi connectivity index (χ0n) is 10.2. The molecule has 2 unspecified atom stereocenters. The summed E-state index contributed by atoms with van der Waals surface area (Å²) in [5.74, 6) is 2.50. The van der Waals surface area contributed by atoms with Crippen LogP contribution in [0.1, 0.15) is 25.4 Å². The molecule has 1 heterocycles. The molecule has 2 atom stereocenters. The number of hydrogen-bond acceptors (Lipinski definition) is 3. The number of hydrogen-bond donors (Lipinski definition) is 1. The summed E-state index contributed by atoms with van der Waals surface area (Å²) in [5.41, 5.74) is 5.83. The van der Waals surface area contributed by atoms with Crippen LogP contribution in [0.4, 0.5) is 0 Å². The Hall–Kier alpha value is -0.800. The molecule has 0 aliphatic carbocycles. The maximum absolute atomic E-state index is 5.83. The summed E-state index contributed by atoms with van der Waals surface area (Å²) in [6.45, 7) is 8.04. The standard InChI is InChI=1S/C12H22N2O/c1-9(11(3)13)7-14(4)8-12-6-5-10(2)15-12/h5-6,9,11H,7-8,13H2,1-4H3. The van der Waals surface area contributed by atoms with Crippen LogP contribution in [0.5, 0.6) is 0 Å². The van der Waals surface area contributed by atoms with Gasteiger partial charge < -0.3 is 10.2 Å². The zero-order chi connectivity index (χ0) is 11.4. The molecule has 0 radical (unpaired) electrons. The maximum atomic E-state index is 5.83. The van der Waals surface area contributed by atoms with Crippen molar-refractivity contribution in [2.45, 2.75) is 33.4 Å². The summed E-state index contributed by atoms with van der Waals surface area (Å²) < 4.78 is 5.52. The normalized spacial score (nSPS) is 15.6. The first-order valence-corrected chi connectivity index (χ1v) is 5.48. The SMILES string of the molecule is Cc1ccc(CN(C)CC(C)C(C)N)o1. The number of furan rings is 1. The number of nitrogens with zero attached hydrogens (tertiary/aromatic N) is 1. The summed E-state index contributed by atoms with van der Waals surface area (Å²) in [6, 6.07) is 4.27. The van der Waals surface area contributed by atoms with Crippen LogP contribution >= 0.6 is 0 Å². The molecule has 0 bridgehead atoms. The Kier molecular flexibility index (Phi) is 4.36. The molecule has 0 amide bonds. The van der Waals surface area contributed by atoms with E-state index in [-0.39, 0.29) is 6.04 Å². The van der Waals surface area contributed by atoms with Crippen LogP contribution in [0.2, 0.25) is 0 Å². The van der Waals surface area contributed by atoms with E-state index in [9.17, 15) is 0 Å². The van der Waals surface area contributed by atoms with E-state index in [1.54, 1.807) is 0 Å². The summed E-state index contributed by atoms with van der Waals surface area (Å²) in [5, 5.41) is 0. The summed E-state index contributed by atoms with van der Waals surface area (Å²) >= 11 is 0. The Morgan fingerprint density at radius 3 is 2.53 bits per heavy atom. The lowest BCUT2D eigenvalue weighted by atomic mass is 10.0. The largest absolute Gasteiger partial charge is 0.465 e. The van der Waals surface area contributed by atoms with Crippen molar-refractivity contribution in [1.29, 1.82) is 0 Å². The molecule has 0 aromatic carbocycles. The lowest BCUT2D eigenvalue weighted by molar-refractivity contribution is 0.242. The molecular weight excluding hydrogens is 188 g/mol. The summed E-state index contributed by atoms with van der Waals surface area (Å²) in [4.78, 5) is 2.24. The van der Waals surface area contributed by atoms with Gasteiger partial charge in [-0.05, 0) is 38.9 Å². The molecule has 15 heavy (non-hydrogen) atoms. The highest BCUT2D eigenvalue weighted by Gasteiger charge is 2.11. The van der Waals surface area contributed by atoms with Crippen LogP contribution in [0.3, 0.4) is 0 Å². The highest BCUT2D eigenvalue weighted by Crippen LogP contribution is 2.10. The molecule has 0 aliphatic heterocycles. The first-order valence-electron chi connectivity index (χ1n) is 5.48. The lowest BCUT2D eigenvalue weighted by Gasteiger charge is -2.22. The van der Waals surface area contributed by atoms with Crippen LogP contribution < -0.4 is 5.73 Å². The van der Waals surface area contributed by atoms with Crippen LogP contribution in [0.25, 0.3) is 0 Å². The van der Waals surface area contributed by atoms with Gasteiger partial charge in [0, 0.05) is 12.6 Å². The van der Waals surface area contributed by atoms with Crippen LogP contribution in [0.15, 0.2) is 16.5 Å². The highest BCUT2D eigenvalue weighted by atomic mass is 16.3. The smallest absolute Gasteiger partial charge is 0.118 e. The average Bonchev–Trinajstić information content (AvgIpc) is 2.50. The topological polar surface area (TPSA) is 42.4 Å². The molecule has 1 aromatic heterocycles. The Morgan fingerprint density at radius 2 is 2.07 bits per heavy atom. The van der Waals surface area contributed by atoms with Gasteiger partial charge in [-0.1, -0.05) is 6.92 Å². The minimum absolute atomic E-state index is 0.241. The van der Waals surface area contributed by atoms with Crippen molar-refractivity contribution in [3.8, 4) is 0 Å². The molecule has 0 spiro atoms. The van der Waals surface area contributed by atoms with Crippen molar-refractivity contribution in [1.82, 2.24) is 4.90 Å². The maximum Gasteiger partial charge on any atom is 0.118 e. The van der Waals surface area contributed by atoms with E-state index in [0.29, 0.717) is 5.92 Å². The van der Waals surface area contributed by atoms with E-state index in [2.05, 4.69) is 25.8 Å². The third kappa shape index (κ3) is 4.06. The molecular formula is C12H22N2O. The summed E-state index contributed by atoms with van der Waals surface area (Å²) in [6.07, 6.45) is 0. The van der Waals surface area contributed by atoms with Crippen LogP contribution in [0, 0.1) is 12.8 Å². The van der Waals surface area contributed by atoms with Gasteiger partial charge in [-0.3, -0.25) is 4.90 Å². The minimum Gasteiger partial charge on any atom is -0.465 e. The second-order valence-electron chi connectivity index (χ2n) is 4.55. The van der Waals surface area contributed by atoms with Gasteiger partial charge in [0.05, 0.1) is 6.54 Å². The fourth-order valence-electron chi connectivity index (χ4n) is 1.56. The van der Waals surface area contributed by atoms with Crippen molar-refractivity contribution in [3.63, 3.8) is 0 Å². The molecule has 0 saturated heterocycles. The second-order valence-corrected chi connectivity index (χ2v) is 4.55. The number of aryl methyl sites for hydroxylation is 1. The molecule has 0 fully saturated rings. The van der Waals surface area contributed by atoms with Crippen molar-refractivity contribution in [2.24, 2.45) is 11.7 Å². The quantitative estimate of drug-likeness (QED) is 0.808. The third-order valence-electron chi connectivity index (χ3n) is 2.72. The van der Waals surface area contributed by atoms with Crippen LogP contribution in [-0.4, -0.2) is 24.5 Å². The van der Waals surface area contributed by atoms with Crippen molar-refractivity contribution in [2.75, 3.05) is 13.6 Å². The van der Waals surface area contributed by atoms with Gasteiger partial charge >= 0.3 is 0 Å². The van der Waals surface area contributed by atoms with Gasteiger partial charge in [-0.2, -0.15) is 0 Å². The second kappa shape index (κ2) is 5.33. The molecule has 0 aliphatic rings. The predicted molar refractivity (Wildman–Crippen MR) is 62.6 cm³/mol. The van der Waals surface area contributed by atoms with E-state index in [4.69, 9.17) is 10.2 Å². The van der Waals surface area contributed by atoms with Gasteiger partial charge in [-0.15, -0.1) is 0 Å². The van der Waals surface area contributed by atoms with Crippen LogP contribution in [-0.2, 0) is 6.54 Å². The summed E-state index contributed by atoms with van der Waals surface area (Å²) in [7, 11) is 2.09. The van der Waals surface area contributed by atoms with Gasteiger partial charge in [0.15, 0.2) is 0 Å². The minimum atomic E-state index is 0.241. The first-order chi connectivity index (χ1) is 6.99. The van der Waals surface area contributed by atoms with Gasteiger partial charge in [0.25, 0.3) is 0 Å². The van der Waals surface area contributed by atoms with E-state index in [1.165, 1.54) is 0 Å². The van der Waals surface area contributed by atoms with Crippen molar-refractivity contribution in [3.05, 3.63) is 23.7 Å². The molecule has 86 valence electrons. The first kappa shape index (κ1) is 12.3. The van der Waals surface area contributed by atoms with Gasteiger partial charge in [0.2, 0.25) is 0 Å². The zero-order valence-corrected chi connectivity index (χ0v) is 10.2. The van der Waals surface area contributed by atoms with Crippen molar-refractivity contribution >= 4 is 0 Å². The Labute approximate surface area is 92.2 Å². The third-order valence-corrected chi connectivity index (χ3v) is 2.72. The fourth-order valence-corrected chi connectivity index (χ4v) is 1.56. The molecule has 3 heteroatoms. The molecule has 1 aromatic rings. The number of rotatable bonds is 5. The molecule has 2 N–H and O–H groups in total. The van der Waals surface area contributed by atoms with Crippen molar-refractivity contribution < 1.29 is 4.42 Å². The van der Waals surface area contributed by atoms with E-state index in [0.717, 1.165) is 24.6 Å². The van der Waals surface area contributed by atoms with E-state index in [1.807, 2.05) is 19.1 Å². The van der Waals surface area contributed by atoms with E-state index < -0.39 is 0 Å². The fraction of sp³-hybridized carbons (Fsp3) is 0.667. The Balaban J connectivity index is 2.39. The predicted octanol–water partition coefficient (Wildman–Crippen LogP) is 2.00. The van der Waals surface area contributed by atoms with Gasteiger partial charge in [0.1, 0.15) is 11.5 Å². The molecule has 3 nitrogen and oxygen atoms in total. The Morgan fingerprint density at radius 1 is 1.40 bits per heavy atom. The average molecular weight is 210 g/mol. The molecule has 1 rings (SSSR count). The molecule has 0 saturated carbocycles. The number of nitrogens with two attached hydrogens (primary N) is 1. The highest BCUT2D eigenvalue weighted by molar-refractivity contribution is 5.05. The van der Waals surface area contributed by atoms with Gasteiger partial charge in [-0.25, -0.2) is 0 Å².